The fourth-order valence-electron chi connectivity index (χ4n) is 2.90. The molecule has 4 heteroatoms. The molecule has 0 aromatic rings. The Morgan fingerprint density at radius 2 is 1.60 bits per heavy atom. The summed E-state index contributed by atoms with van der Waals surface area (Å²) in [6.07, 6.45) is 4.03. The zero-order valence-corrected chi connectivity index (χ0v) is 13.4. The molecule has 4 nitrogen and oxygen atoms in total. The predicted octanol–water partition coefficient (Wildman–Crippen LogP) is 2.87. The van der Waals surface area contributed by atoms with Crippen molar-refractivity contribution in [2.45, 2.75) is 64.6 Å². The molecule has 0 saturated carbocycles. The molecule has 0 radical (unpaired) electrons. The van der Waals surface area contributed by atoms with E-state index in [0.29, 0.717) is 5.92 Å². The summed E-state index contributed by atoms with van der Waals surface area (Å²) < 4.78 is 11.0. The molecule has 2 atom stereocenters. The highest BCUT2D eigenvalue weighted by Crippen LogP contribution is 2.28. The van der Waals surface area contributed by atoms with Crippen molar-refractivity contribution in [2.24, 2.45) is 17.6 Å². The minimum atomic E-state index is -0.0708. The topological polar surface area (TPSA) is 68.3 Å². The summed E-state index contributed by atoms with van der Waals surface area (Å²) in [5.41, 5.74) is 5.57. The summed E-state index contributed by atoms with van der Waals surface area (Å²) >= 11 is 0. The molecule has 2 rings (SSSR count). The largest absolute Gasteiger partial charge is 0.376 e. The second kappa shape index (κ2) is 7.40. The fraction of sp³-hybridized carbons (Fsp3) is 0.938. The van der Waals surface area contributed by atoms with Crippen molar-refractivity contribution in [3.8, 4) is 6.07 Å². The molecule has 0 aromatic carbocycles. The molecular formula is C16H30N2O2. The molecule has 0 aliphatic carbocycles. The average molecular weight is 282 g/mol. The van der Waals surface area contributed by atoms with Crippen LogP contribution in [-0.2, 0) is 9.47 Å². The molecule has 0 aromatic heterocycles. The maximum atomic E-state index is 8.62. The van der Waals surface area contributed by atoms with Gasteiger partial charge in [0.1, 0.15) is 0 Å². The first-order valence-electron chi connectivity index (χ1n) is 7.65. The maximum Gasteiger partial charge on any atom is 0.0657 e. The van der Waals surface area contributed by atoms with E-state index in [1.54, 1.807) is 0 Å². The van der Waals surface area contributed by atoms with Crippen LogP contribution in [0.4, 0.5) is 0 Å². The van der Waals surface area contributed by atoms with Crippen LogP contribution in [0.5, 0.6) is 0 Å². The zero-order valence-electron chi connectivity index (χ0n) is 13.4. The van der Waals surface area contributed by atoms with Gasteiger partial charge in [-0.05, 0) is 65.8 Å². The highest BCUT2D eigenvalue weighted by atomic mass is 16.5. The van der Waals surface area contributed by atoms with Gasteiger partial charge in [-0.25, -0.2) is 0 Å². The van der Waals surface area contributed by atoms with E-state index in [4.69, 9.17) is 20.5 Å². The van der Waals surface area contributed by atoms with E-state index in [-0.39, 0.29) is 17.1 Å². The summed E-state index contributed by atoms with van der Waals surface area (Å²) in [4.78, 5) is 0. The Hall–Kier alpha value is -0.630. The van der Waals surface area contributed by atoms with Crippen LogP contribution in [0.15, 0.2) is 0 Å². The SMILES string of the molecule is CC1(C)CC(C#N)CCO1.CC1(C)CC(CN)CCO1. The molecular weight excluding hydrogens is 252 g/mol. The van der Waals surface area contributed by atoms with E-state index < -0.39 is 0 Å². The molecule has 2 heterocycles. The van der Waals surface area contributed by atoms with E-state index >= 15 is 0 Å². The molecule has 116 valence electrons. The normalized spacial score (nSPS) is 31.6. The maximum absolute atomic E-state index is 8.62. The van der Waals surface area contributed by atoms with E-state index in [2.05, 4.69) is 19.9 Å². The lowest BCUT2D eigenvalue weighted by Gasteiger charge is -2.34. The van der Waals surface area contributed by atoms with Crippen LogP contribution in [0.25, 0.3) is 0 Å². The first kappa shape index (κ1) is 17.4. The Bertz CT molecular complexity index is 334. The second-order valence-electron chi connectivity index (χ2n) is 7.13. The molecule has 2 aliphatic rings. The number of ether oxygens (including phenoxy) is 2. The molecule has 2 unspecified atom stereocenters. The van der Waals surface area contributed by atoms with Crippen molar-refractivity contribution in [3.63, 3.8) is 0 Å². The minimum Gasteiger partial charge on any atom is -0.376 e. The third-order valence-corrected chi connectivity index (χ3v) is 4.01. The summed E-state index contributed by atoms with van der Waals surface area (Å²) in [5.74, 6) is 0.896. The van der Waals surface area contributed by atoms with E-state index in [9.17, 15) is 0 Å². The number of nitriles is 1. The van der Waals surface area contributed by atoms with E-state index in [0.717, 1.165) is 45.4 Å². The molecule has 2 aliphatic heterocycles. The van der Waals surface area contributed by atoms with Crippen LogP contribution in [0.1, 0.15) is 53.4 Å². The summed E-state index contributed by atoms with van der Waals surface area (Å²) in [6, 6.07) is 2.28. The summed E-state index contributed by atoms with van der Waals surface area (Å²) in [7, 11) is 0. The van der Waals surface area contributed by atoms with Gasteiger partial charge in [-0.15, -0.1) is 0 Å². The Kier molecular flexibility index (Phi) is 6.44. The van der Waals surface area contributed by atoms with Gasteiger partial charge in [0.05, 0.1) is 23.2 Å². The molecule has 2 saturated heterocycles. The van der Waals surface area contributed by atoms with Crippen molar-refractivity contribution in [1.29, 1.82) is 5.26 Å². The first-order chi connectivity index (χ1) is 9.28. The van der Waals surface area contributed by atoms with Crippen LogP contribution in [0.3, 0.4) is 0 Å². The standard InChI is InChI=1S/C8H17NO.C8H13NO/c2*1-8(2)5-7(6-9)3-4-10-8/h7H,3-6,9H2,1-2H3;7H,3-5H2,1-2H3. The lowest BCUT2D eigenvalue weighted by atomic mass is 9.89. The van der Waals surface area contributed by atoms with Crippen molar-refractivity contribution >= 4 is 0 Å². The lowest BCUT2D eigenvalue weighted by Crippen LogP contribution is -2.36. The lowest BCUT2D eigenvalue weighted by molar-refractivity contribution is -0.0706. The van der Waals surface area contributed by atoms with Crippen LogP contribution >= 0.6 is 0 Å². The molecule has 2 N–H and O–H groups in total. The van der Waals surface area contributed by atoms with Gasteiger partial charge in [0.25, 0.3) is 0 Å². The molecule has 2 fully saturated rings. The molecule has 20 heavy (non-hydrogen) atoms. The van der Waals surface area contributed by atoms with Gasteiger partial charge in [0.2, 0.25) is 0 Å². The van der Waals surface area contributed by atoms with Gasteiger partial charge in [0.15, 0.2) is 0 Å². The summed E-state index contributed by atoms with van der Waals surface area (Å²) in [6.45, 7) is 10.8. The summed E-state index contributed by atoms with van der Waals surface area (Å²) in [5, 5.41) is 8.62. The van der Waals surface area contributed by atoms with Gasteiger partial charge in [-0.3, -0.25) is 0 Å². The first-order valence-corrected chi connectivity index (χ1v) is 7.65. The van der Waals surface area contributed by atoms with Gasteiger partial charge in [0, 0.05) is 13.2 Å². The monoisotopic (exact) mass is 282 g/mol. The molecule has 0 amide bonds. The Morgan fingerprint density at radius 3 is 1.95 bits per heavy atom. The third-order valence-electron chi connectivity index (χ3n) is 4.01. The Balaban J connectivity index is 0.000000200. The van der Waals surface area contributed by atoms with E-state index in [1.807, 2.05) is 13.8 Å². The number of nitrogens with zero attached hydrogens (tertiary/aromatic N) is 1. The highest BCUT2D eigenvalue weighted by Gasteiger charge is 2.28. The number of hydrogen-bond donors (Lipinski definition) is 1. The van der Waals surface area contributed by atoms with Crippen molar-refractivity contribution < 1.29 is 9.47 Å². The fourth-order valence-corrected chi connectivity index (χ4v) is 2.90. The smallest absolute Gasteiger partial charge is 0.0657 e. The predicted molar refractivity (Wildman–Crippen MR) is 80.2 cm³/mol. The van der Waals surface area contributed by atoms with Crippen LogP contribution in [0, 0.1) is 23.2 Å². The van der Waals surface area contributed by atoms with Crippen LogP contribution < -0.4 is 5.73 Å². The van der Waals surface area contributed by atoms with Gasteiger partial charge in [-0.2, -0.15) is 5.26 Å². The number of nitrogens with two attached hydrogens (primary N) is 1. The van der Waals surface area contributed by atoms with Crippen LogP contribution in [0.2, 0.25) is 0 Å². The van der Waals surface area contributed by atoms with Gasteiger partial charge >= 0.3 is 0 Å². The third kappa shape index (κ3) is 6.21. The van der Waals surface area contributed by atoms with Crippen molar-refractivity contribution in [3.05, 3.63) is 0 Å². The van der Waals surface area contributed by atoms with Gasteiger partial charge < -0.3 is 15.2 Å². The van der Waals surface area contributed by atoms with Gasteiger partial charge in [-0.1, -0.05) is 0 Å². The molecule has 0 bridgehead atoms. The van der Waals surface area contributed by atoms with E-state index in [1.165, 1.54) is 0 Å². The zero-order chi connectivity index (χ0) is 15.2. The van der Waals surface area contributed by atoms with Crippen molar-refractivity contribution in [2.75, 3.05) is 19.8 Å². The quantitative estimate of drug-likeness (QED) is 0.803. The average Bonchev–Trinajstić information content (AvgIpc) is 2.37. The molecule has 0 spiro atoms. The second-order valence-corrected chi connectivity index (χ2v) is 7.13. The highest BCUT2D eigenvalue weighted by molar-refractivity contribution is 4.90. The number of rotatable bonds is 1. The minimum absolute atomic E-state index is 0.0708. The Labute approximate surface area is 123 Å². The number of hydrogen-bond acceptors (Lipinski definition) is 4. The van der Waals surface area contributed by atoms with Crippen LogP contribution in [-0.4, -0.2) is 31.0 Å². The van der Waals surface area contributed by atoms with Crippen molar-refractivity contribution in [1.82, 2.24) is 0 Å². The Morgan fingerprint density at radius 1 is 1.05 bits per heavy atom.